The molecule has 1 atom stereocenters. The highest BCUT2D eigenvalue weighted by Gasteiger charge is 2.36. The molecule has 2 amide bonds. The predicted molar refractivity (Wildman–Crippen MR) is 126 cm³/mol. The molecular weight excluding hydrogens is 432 g/mol. The Morgan fingerprint density at radius 1 is 0.853 bits per heavy atom. The fourth-order valence-corrected chi connectivity index (χ4v) is 3.77. The van der Waals surface area contributed by atoms with E-state index in [1.807, 2.05) is 60.7 Å². The fraction of sp³-hybridized carbons (Fsp3) is 0.222. The molecule has 0 aliphatic carbocycles. The quantitative estimate of drug-likeness (QED) is 0.524. The third-order valence-electron chi connectivity index (χ3n) is 5.55. The minimum Gasteiger partial charge on any atom is -0.488 e. The van der Waals surface area contributed by atoms with Crippen molar-refractivity contribution in [3.05, 3.63) is 102 Å². The molecule has 7 nitrogen and oxygen atoms in total. The summed E-state index contributed by atoms with van der Waals surface area (Å²) in [6.45, 7) is 1.01. The fourth-order valence-electron chi connectivity index (χ4n) is 3.77. The van der Waals surface area contributed by atoms with Gasteiger partial charge >= 0.3 is 5.97 Å². The maximum atomic E-state index is 13.5. The summed E-state index contributed by atoms with van der Waals surface area (Å²) in [5.74, 6) is -0.858. The van der Waals surface area contributed by atoms with Crippen LogP contribution < -0.4 is 10.1 Å². The monoisotopic (exact) mass is 458 g/mol. The van der Waals surface area contributed by atoms with Crippen LogP contribution in [-0.2, 0) is 27.5 Å². The van der Waals surface area contributed by atoms with E-state index in [2.05, 4.69) is 5.32 Å². The molecule has 1 fully saturated rings. The molecule has 0 spiro atoms. The number of para-hydroxylation sites is 1. The number of carbonyl (C=O) groups excluding carboxylic acids is 3. The molecule has 7 heteroatoms. The molecule has 1 heterocycles. The molecule has 3 aromatic rings. The molecule has 1 unspecified atom stereocenters. The largest absolute Gasteiger partial charge is 0.488 e. The number of hydrogen-bond donors (Lipinski definition) is 1. The number of nitrogens with zero attached hydrogens (tertiary/aromatic N) is 1. The average Bonchev–Trinajstić information content (AvgIpc) is 2.88. The number of ether oxygens (including phenoxy) is 2. The zero-order chi connectivity index (χ0) is 23.8. The minimum atomic E-state index is -0.952. The standard InChI is InChI=1S/C27H26N2O5/c30-25(34-19-21-11-5-2-6-12-21)17-23-26(31)28-15-16-29(23)27(32)22-13-7-8-14-24(22)33-18-20-9-3-1-4-10-20/h1-14,23H,15-19H2,(H,28,31). The Bertz CT molecular complexity index is 1130. The zero-order valence-corrected chi connectivity index (χ0v) is 18.7. The molecule has 0 aromatic heterocycles. The molecule has 0 saturated carbocycles. The lowest BCUT2D eigenvalue weighted by Crippen LogP contribution is -2.57. The molecular formula is C27H26N2O5. The van der Waals surface area contributed by atoms with Gasteiger partial charge in [-0.15, -0.1) is 0 Å². The van der Waals surface area contributed by atoms with E-state index in [-0.39, 0.29) is 31.4 Å². The van der Waals surface area contributed by atoms with E-state index in [0.29, 0.717) is 24.5 Å². The third kappa shape index (κ3) is 5.81. The summed E-state index contributed by atoms with van der Waals surface area (Å²) >= 11 is 0. The highest BCUT2D eigenvalue weighted by Crippen LogP contribution is 2.24. The van der Waals surface area contributed by atoms with Gasteiger partial charge in [0.25, 0.3) is 5.91 Å². The molecule has 1 aliphatic rings. The molecule has 174 valence electrons. The molecule has 0 radical (unpaired) electrons. The summed E-state index contributed by atoms with van der Waals surface area (Å²) in [4.78, 5) is 40.0. The number of esters is 1. The van der Waals surface area contributed by atoms with Crippen molar-refractivity contribution in [3.63, 3.8) is 0 Å². The second-order valence-electron chi connectivity index (χ2n) is 7.93. The Labute approximate surface area is 198 Å². The van der Waals surface area contributed by atoms with Crippen molar-refractivity contribution in [3.8, 4) is 5.75 Å². The summed E-state index contributed by atoms with van der Waals surface area (Å²) < 4.78 is 11.3. The summed E-state index contributed by atoms with van der Waals surface area (Å²) in [5.41, 5.74) is 2.17. The van der Waals surface area contributed by atoms with Crippen LogP contribution >= 0.6 is 0 Å². The highest BCUT2D eigenvalue weighted by atomic mass is 16.5. The Kier molecular flexibility index (Phi) is 7.55. The first-order valence-corrected chi connectivity index (χ1v) is 11.2. The van der Waals surface area contributed by atoms with E-state index in [9.17, 15) is 14.4 Å². The first-order valence-electron chi connectivity index (χ1n) is 11.2. The number of nitrogens with one attached hydrogen (secondary N) is 1. The van der Waals surface area contributed by atoms with Gasteiger partial charge in [-0.2, -0.15) is 0 Å². The van der Waals surface area contributed by atoms with Gasteiger partial charge < -0.3 is 19.7 Å². The van der Waals surface area contributed by atoms with Crippen molar-refractivity contribution in [1.29, 1.82) is 0 Å². The normalized spacial score (nSPS) is 15.4. The molecule has 3 aromatic carbocycles. The minimum absolute atomic E-state index is 0.109. The van der Waals surface area contributed by atoms with Crippen LogP contribution in [0.15, 0.2) is 84.9 Å². The first kappa shape index (κ1) is 23.0. The number of benzene rings is 3. The zero-order valence-electron chi connectivity index (χ0n) is 18.7. The van der Waals surface area contributed by atoms with Crippen LogP contribution in [0, 0.1) is 0 Å². The van der Waals surface area contributed by atoms with Crippen LogP contribution in [0.4, 0.5) is 0 Å². The average molecular weight is 459 g/mol. The topological polar surface area (TPSA) is 84.9 Å². The second kappa shape index (κ2) is 11.1. The summed E-state index contributed by atoms with van der Waals surface area (Å²) in [6, 6.07) is 24.9. The lowest BCUT2D eigenvalue weighted by atomic mass is 10.1. The van der Waals surface area contributed by atoms with Crippen LogP contribution in [-0.4, -0.2) is 41.8 Å². The van der Waals surface area contributed by atoms with Crippen LogP contribution in [0.5, 0.6) is 5.75 Å². The van der Waals surface area contributed by atoms with Gasteiger partial charge in [0.2, 0.25) is 5.91 Å². The Morgan fingerprint density at radius 2 is 1.47 bits per heavy atom. The number of amides is 2. The number of hydrogen-bond acceptors (Lipinski definition) is 5. The summed E-state index contributed by atoms with van der Waals surface area (Å²) in [6.07, 6.45) is -0.225. The SMILES string of the molecule is O=C(CC1C(=O)NCCN1C(=O)c1ccccc1OCc1ccccc1)OCc1ccccc1. The Hall–Kier alpha value is -4.13. The highest BCUT2D eigenvalue weighted by molar-refractivity contribution is 6.01. The van der Waals surface area contributed by atoms with Gasteiger partial charge in [0.1, 0.15) is 25.0 Å². The van der Waals surface area contributed by atoms with Gasteiger partial charge in [-0.1, -0.05) is 72.8 Å². The van der Waals surface area contributed by atoms with Gasteiger partial charge in [0.05, 0.1) is 12.0 Å². The number of carbonyl (C=O) groups is 3. The smallest absolute Gasteiger partial charge is 0.308 e. The Morgan fingerprint density at radius 3 is 2.18 bits per heavy atom. The third-order valence-corrected chi connectivity index (χ3v) is 5.55. The Balaban J connectivity index is 1.45. The van der Waals surface area contributed by atoms with E-state index in [4.69, 9.17) is 9.47 Å². The van der Waals surface area contributed by atoms with E-state index >= 15 is 0 Å². The second-order valence-corrected chi connectivity index (χ2v) is 7.93. The summed E-state index contributed by atoms with van der Waals surface area (Å²) in [7, 11) is 0. The van der Waals surface area contributed by atoms with Gasteiger partial charge in [-0.25, -0.2) is 0 Å². The lowest BCUT2D eigenvalue weighted by Gasteiger charge is -2.34. The van der Waals surface area contributed by atoms with E-state index in [0.717, 1.165) is 11.1 Å². The van der Waals surface area contributed by atoms with Crippen molar-refractivity contribution in [2.45, 2.75) is 25.7 Å². The van der Waals surface area contributed by atoms with E-state index in [1.165, 1.54) is 4.90 Å². The number of piperazine rings is 1. The van der Waals surface area contributed by atoms with Crippen molar-refractivity contribution >= 4 is 17.8 Å². The summed E-state index contributed by atoms with van der Waals surface area (Å²) in [5, 5.41) is 2.74. The molecule has 1 aliphatic heterocycles. The van der Waals surface area contributed by atoms with Gasteiger partial charge in [0.15, 0.2) is 0 Å². The first-order chi connectivity index (χ1) is 16.6. The molecule has 1 N–H and O–H groups in total. The molecule has 1 saturated heterocycles. The molecule has 0 bridgehead atoms. The van der Waals surface area contributed by atoms with Crippen LogP contribution in [0.2, 0.25) is 0 Å². The molecule has 34 heavy (non-hydrogen) atoms. The lowest BCUT2D eigenvalue weighted by molar-refractivity contribution is -0.148. The van der Waals surface area contributed by atoms with Crippen molar-refractivity contribution in [2.75, 3.05) is 13.1 Å². The van der Waals surface area contributed by atoms with Crippen LogP contribution in [0.1, 0.15) is 27.9 Å². The maximum absolute atomic E-state index is 13.5. The van der Waals surface area contributed by atoms with E-state index in [1.54, 1.807) is 24.3 Å². The van der Waals surface area contributed by atoms with Crippen LogP contribution in [0.25, 0.3) is 0 Å². The van der Waals surface area contributed by atoms with Gasteiger partial charge in [0, 0.05) is 13.1 Å². The van der Waals surface area contributed by atoms with Gasteiger partial charge in [-0.05, 0) is 23.3 Å². The van der Waals surface area contributed by atoms with Crippen molar-refractivity contribution in [1.82, 2.24) is 10.2 Å². The number of rotatable bonds is 8. The maximum Gasteiger partial charge on any atom is 0.308 e. The predicted octanol–water partition coefficient (Wildman–Crippen LogP) is 3.34. The van der Waals surface area contributed by atoms with Crippen molar-refractivity contribution in [2.24, 2.45) is 0 Å². The van der Waals surface area contributed by atoms with Crippen LogP contribution in [0.3, 0.4) is 0 Å². The van der Waals surface area contributed by atoms with E-state index < -0.39 is 12.0 Å². The van der Waals surface area contributed by atoms with Crippen molar-refractivity contribution < 1.29 is 23.9 Å². The molecule has 4 rings (SSSR count). The van der Waals surface area contributed by atoms with Gasteiger partial charge in [-0.3, -0.25) is 14.4 Å².